The molecule has 0 aromatic heterocycles. The summed E-state index contributed by atoms with van der Waals surface area (Å²) in [6, 6.07) is 7.85. The zero-order chi connectivity index (χ0) is 19.0. The number of nitrogens with one attached hydrogen (secondary N) is 1. The maximum Gasteiger partial charge on any atom is 0.407 e. The number of Topliss-reactive ketones (excluding diaryl/α,β-unsaturated/α-hetero) is 1. The Morgan fingerprint density at radius 3 is 2.36 bits per heavy atom. The van der Waals surface area contributed by atoms with Gasteiger partial charge in [0, 0.05) is 12.1 Å². The third kappa shape index (κ3) is 7.33. The van der Waals surface area contributed by atoms with Crippen LogP contribution in [0.4, 0.5) is 4.79 Å². The highest BCUT2D eigenvalue weighted by molar-refractivity contribution is 5.97. The minimum atomic E-state index is -1.15. The van der Waals surface area contributed by atoms with E-state index in [-0.39, 0.29) is 25.2 Å². The molecule has 2 unspecified atom stereocenters. The van der Waals surface area contributed by atoms with Crippen LogP contribution in [0.2, 0.25) is 0 Å². The Morgan fingerprint density at radius 1 is 1.24 bits per heavy atom. The minimum Gasteiger partial charge on any atom is -0.444 e. The fourth-order valence-electron chi connectivity index (χ4n) is 2.06. The number of nitriles is 1. The monoisotopic (exact) mass is 348 g/mol. The highest BCUT2D eigenvalue weighted by atomic mass is 16.6. The van der Waals surface area contributed by atoms with E-state index in [2.05, 4.69) is 5.32 Å². The number of ketones is 1. The Labute approximate surface area is 147 Å². The fourth-order valence-corrected chi connectivity index (χ4v) is 2.06. The molecule has 25 heavy (non-hydrogen) atoms. The lowest BCUT2D eigenvalue weighted by atomic mass is 9.99. The number of rotatable bonds is 7. The molecule has 0 aliphatic rings. The van der Waals surface area contributed by atoms with E-state index in [1.165, 1.54) is 24.3 Å². The molecule has 3 N–H and O–H groups in total. The summed E-state index contributed by atoms with van der Waals surface area (Å²) in [4.78, 5) is 23.1. The molecule has 136 valence electrons. The average Bonchev–Trinajstić information content (AvgIpc) is 2.52. The summed E-state index contributed by atoms with van der Waals surface area (Å²) in [5.41, 5.74) is 0.212. The Hall–Kier alpha value is -2.43. The van der Waals surface area contributed by atoms with Crippen LogP contribution in [0.15, 0.2) is 24.3 Å². The minimum absolute atomic E-state index is 0.134. The Bertz CT molecular complexity index is 628. The summed E-state index contributed by atoms with van der Waals surface area (Å²) in [5, 5.41) is 31.2. The Morgan fingerprint density at radius 2 is 1.84 bits per heavy atom. The second-order valence-corrected chi connectivity index (χ2v) is 6.61. The average molecular weight is 348 g/mol. The molecule has 1 amide bonds. The zero-order valence-corrected chi connectivity index (χ0v) is 14.7. The van der Waals surface area contributed by atoms with Crippen LogP contribution in [0.3, 0.4) is 0 Å². The number of nitrogens with zero attached hydrogens (tertiary/aromatic N) is 1. The van der Waals surface area contributed by atoms with Crippen LogP contribution in [0.5, 0.6) is 0 Å². The SMILES string of the molecule is CC(C)(C)OC(=O)NCCC(O)C(O)c1ccc(C(=O)CC#N)cc1. The van der Waals surface area contributed by atoms with E-state index in [1.807, 2.05) is 0 Å². The standard InChI is InChI=1S/C18H24N2O5/c1-18(2,3)25-17(24)20-11-9-15(22)16(23)13-6-4-12(5-7-13)14(21)8-10-19/h4-7,15-16,22-23H,8-9,11H2,1-3H3,(H,20,24). The molecule has 7 nitrogen and oxygen atoms in total. The first-order chi connectivity index (χ1) is 11.6. The lowest BCUT2D eigenvalue weighted by Crippen LogP contribution is -2.34. The van der Waals surface area contributed by atoms with E-state index in [4.69, 9.17) is 10.00 Å². The van der Waals surface area contributed by atoms with Gasteiger partial charge in [0.05, 0.1) is 18.6 Å². The molecular formula is C18H24N2O5. The highest BCUT2D eigenvalue weighted by Crippen LogP contribution is 2.20. The van der Waals surface area contributed by atoms with Gasteiger partial charge < -0.3 is 20.3 Å². The van der Waals surface area contributed by atoms with Gasteiger partial charge in [0.15, 0.2) is 5.78 Å². The molecular weight excluding hydrogens is 324 g/mol. The quantitative estimate of drug-likeness (QED) is 0.649. The van der Waals surface area contributed by atoms with Crippen molar-refractivity contribution in [2.75, 3.05) is 6.54 Å². The van der Waals surface area contributed by atoms with Crippen molar-refractivity contribution in [1.82, 2.24) is 5.32 Å². The number of ether oxygens (including phenoxy) is 1. The van der Waals surface area contributed by atoms with Gasteiger partial charge in [-0.15, -0.1) is 0 Å². The highest BCUT2D eigenvalue weighted by Gasteiger charge is 2.20. The number of benzene rings is 1. The normalized spacial score (nSPS) is 13.4. The maximum absolute atomic E-state index is 11.6. The van der Waals surface area contributed by atoms with Crippen molar-refractivity contribution in [3.63, 3.8) is 0 Å². The second kappa shape index (κ2) is 9.16. The first kappa shape index (κ1) is 20.6. The van der Waals surface area contributed by atoms with Gasteiger partial charge in [0.1, 0.15) is 11.7 Å². The molecule has 0 spiro atoms. The van der Waals surface area contributed by atoms with E-state index >= 15 is 0 Å². The molecule has 0 radical (unpaired) electrons. The van der Waals surface area contributed by atoms with Crippen molar-refractivity contribution < 1.29 is 24.5 Å². The molecule has 1 aromatic rings. The number of aliphatic hydroxyl groups is 2. The molecule has 0 fully saturated rings. The third-order valence-corrected chi connectivity index (χ3v) is 3.29. The number of amides is 1. The number of carbonyl (C=O) groups is 2. The topological polar surface area (TPSA) is 120 Å². The van der Waals surface area contributed by atoms with E-state index in [9.17, 15) is 19.8 Å². The molecule has 7 heteroatoms. The molecule has 1 aromatic carbocycles. The van der Waals surface area contributed by atoms with Crippen LogP contribution in [0.25, 0.3) is 0 Å². The molecule has 0 aliphatic carbocycles. The summed E-state index contributed by atoms with van der Waals surface area (Å²) in [6.45, 7) is 5.38. The van der Waals surface area contributed by atoms with Crippen LogP contribution in [-0.4, -0.2) is 40.3 Å². The first-order valence-electron chi connectivity index (χ1n) is 7.97. The van der Waals surface area contributed by atoms with Gasteiger partial charge in [-0.1, -0.05) is 24.3 Å². The van der Waals surface area contributed by atoms with Gasteiger partial charge in [0.25, 0.3) is 0 Å². The Kier molecular flexibility index (Phi) is 7.55. The summed E-state index contributed by atoms with van der Waals surface area (Å²) in [7, 11) is 0. The predicted octanol–water partition coefficient (Wildman–Crippen LogP) is 2.09. The van der Waals surface area contributed by atoms with E-state index in [0.29, 0.717) is 11.1 Å². The van der Waals surface area contributed by atoms with Crippen molar-refractivity contribution in [3.8, 4) is 6.07 Å². The molecule has 0 aliphatic heterocycles. The number of hydrogen-bond donors (Lipinski definition) is 3. The molecule has 0 bridgehead atoms. The molecule has 0 saturated heterocycles. The first-order valence-corrected chi connectivity index (χ1v) is 7.97. The van der Waals surface area contributed by atoms with Crippen LogP contribution in [0, 0.1) is 11.3 Å². The second-order valence-electron chi connectivity index (χ2n) is 6.61. The molecule has 0 heterocycles. The van der Waals surface area contributed by atoms with Gasteiger partial charge in [-0.3, -0.25) is 4.79 Å². The number of carbonyl (C=O) groups excluding carboxylic acids is 2. The maximum atomic E-state index is 11.6. The summed E-state index contributed by atoms with van der Waals surface area (Å²) >= 11 is 0. The lowest BCUT2D eigenvalue weighted by molar-refractivity contribution is 0.0123. The van der Waals surface area contributed by atoms with E-state index in [1.54, 1.807) is 26.8 Å². The van der Waals surface area contributed by atoms with Crippen molar-refractivity contribution in [2.24, 2.45) is 0 Å². The zero-order valence-electron chi connectivity index (χ0n) is 14.7. The van der Waals surface area contributed by atoms with Gasteiger partial charge in [-0.2, -0.15) is 5.26 Å². The van der Waals surface area contributed by atoms with E-state index in [0.717, 1.165) is 0 Å². The predicted molar refractivity (Wildman–Crippen MR) is 90.8 cm³/mol. The van der Waals surface area contributed by atoms with Crippen LogP contribution >= 0.6 is 0 Å². The van der Waals surface area contributed by atoms with E-state index < -0.39 is 23.9 Å². The van der Waals surface area contributed by atoms with Crippen LogP contribution in [0.1, 0.15) is 55.6 Å². The number of hydrogen-bond acceptors (Lipinski definition) is 6. The fraction of sp³-hybridized carbons (Fsp3) is 0.500. The third-order valence-electron chi connectivity index (χ3n) is 3.29. The van der Waals surface area contributed by atoms with Gasteiger partial charge in [0.2, 0.25) is 0 Å². The number of alkyl carbamates (subject to hydrolysis) is 1. The summed E-state index contributed by atoms with van der Waals surface area (Å²) < 4.78 is 5.07. The Balaban J connectivity index is 2.51. The summed E-state index contributed by atoms with van der Waals surface area (Å²) in [6.07, 6.45) is -2.90. The van der Waals surface area contributed by atoms with Crippen LogP contribution < -0.4 is 5.32 Å². The van der Waals surface area contributed by atoms with Gasteiger partial charge in [-0.05, 0) is 32.8 Å². The molecule has 0 saturated carbocycles. The lowest BCUT2D eigenvalue weighted by Gasteiger charge is -2.21. The van der Waals surface area contributed by atoms with Crippen molar-refractivity contribution in [2.45, 2.75) is 51.4 Å². The summed E-state index contributed by atoms with van der Waals surface area (Å²) in [5.74, 6) is -0.300. The largest absolute Gasteiger partial charge is 0.444 e. The van der Waals surface area contributed by atoms with Gasteiger partial charge in [-0.25, -0.2) is 4.79 Å². The van der Waals surface area contributed by atoms with Crippen molar-refractivity contribution in [3.05, 3.63) is 35.4 Å². The van der Waals surface area contributed by atoms with Crippen molar-refractivity contribution in [1.29, 1.82) is 5.26 Å². The molecule has 2 atom stereocenters. The van der Waals surface area contributed by atoms with Crippen LogP contribution in [-0.2, 0) is 4.74 Å². The molecule has 1 rings (SSSR count). The smallest absolute Gasteiger partial charge is 0.407 e. The van der Waals surface area contributed by atoms with Gasteiger partial charge >= 0.3 is 6.09 Å². The number of aliphatic hydroxyl groups excluding tert-OH is 2. The van der Waals surface area contributed by atoms with Crippen molar-refractivity contribution >= 4 is 11.9 Å².